The van der Waals surface area contributed by atoms with Crippen LogP contribution in [0.3, 0.4) is 0 Å². The molecule has 0 unspecified atom stereocenters. The fraction of sp³-hybridized carbons (Fsp3) is 0.600. The van der Waals surface area contributed by atoms with E-state index in [-0.39, 0.29) is 0 Å². The van der Waals surface area contributed by atoms with Crippen LogP contribution in [0, 0.1) is 12.3 Å². The molecule has 0 amide bonds. The van der Waals surface area contributed by atoms with Gasteiger partial charge in [0.15, 0.2) is 0 Å². The molecule has 0 saturated heterocycles. The highest BCUT2D eigenvalue weighted by Gasteiger charge is 2.43. The van der Waals surface area contributed by atoms with Crippen molar-refractivity contribution in [2.24, 2.45) is 5.41 Å². The molecular weight excluding hydrogens is 259 g/mol. The van der Waals surface area contributed by atoms with Crippen LogP contribution in [0.15, 0.2) is 30.4 Å². The number of hydrogen-bond acceptors (Lipinski definition) is 0. The summed E-state index contributed by atoms with van der Waals surface area (Å²) in [5.74, 6) is 0.563. The van der Waals surface area contributed by atoms with Crippen LogP contribution in [0.4, 0.5) is 4.39 Å². The molecule has 1 aromatic rings. The maximum absolute atomic E-state index is 13.4. The fourth-order valence-electron chi connectivity index (χ4n) is 3.92. The second-order valence-electron chi connectivity index (χ2n) is 7.39. The topological polar surface area (TPSA) is 0 Å². The van der Waals surface area contributed by atoms with Crippen molar-refractivity contribution < 1.29 is 4.39 Å². The Morgan fingerprint density at radius 2 is 1.90 bits per heavy atom. The molecule has 0 atom stereocenters. The Morgan fingerprint density at radius 1 is 1.24 bits per heavy atom. The zero-order chi connectivity index (χ0) is 15.0. The van der Waals surface area contributed by atoms with Crippen LogP contribution in [0.5, 0.6) is 0 Å². The molecule has 2 aliphatic carbocycles. The van der Waals surface area contributed by atoms with Gasteiger partial charge in [-0.05, 0) is 81.3 Å². The molecular formula is C20H27F. The van der Waals surface area contributed by atoms with Gasteiger partial charge in [0, 0.05) is 0 Å². The van der Waals surface area contributed by atoms with E-state index >= 15 is 0 Å². The van der Waals surface area contributed by atoms with Crippen molar-refractivity contribution in [3.8, 4) is 0 Å². The van der Waals surface area contributed by atoms with E-state index in [4.69, 9.17) is 0 Å². The lowest BCUT2D eigenvalue weighted by atomic mass is 9.78. The van der Waals surface area contributed by atoms with Gasteiger partial charge in [-0.1, -0.05) is 35.9 Å². The minimum atomic E-state index is -0.569. The lowest BCUT2D eigenvalue weighted by Crippen LogP contribution is -2.16. The van der Waals surface area contributed by atoms with Crippen LogP contribution in [0.2, 0.25) is 0 Å². The van der Waals surface area contributed by atoms with Crippen molar-refractivity contribution in [1.82, 2.24) is 0 Å². The Hall–Kier alpha value is -1.11. The molecule has 0 N–H and O–H groups in total. The van der Waals surface area contributed by atoms with E-state index in [0.717, 1.165) is 32.1 Å². The highest BCUT2D eigenvalue weighted by molar-refractivity contribution is 5.37. The van der Waals surface area contributed by atoms with Gasteiger partial charge in [-0.2, -0.15) is 0 Å². The van der Waals surface area contributed by atoms with Gasteiger partial charge >= 0.3 is 0 Å². The molecule has 2 fully saturated rings. The second-order valence-corrected chi connectivity index (χ2v) is 7.39. The van der Waals surface area contributed by atoms with Crippen molar-refractivity contribution >= 4 is 0 Å². The molecule has 0 radical (unpaired) electrons. The van der Waals surface area contributed by atoms with Crippen LogP contribution < -0.4 is 0 Å². The van der Waals surface area contributed by atoms with E-state index in [1.54, 1.807) is 0 Å². The SMILES string of the molecule is C=C(C)C1(Cc2cc(C)ccc2C2CCC(F)CC2)CC1. The average Bonchev–Trinajstić information content (AvgIpc) is 3.21. The Morgan fingerprint density at radius 3 is 2.48 bits per heavy atom. The molecule has 0 bridgehead atoms. The van der Waals surface area contributed by atoms with Gasteiger partial charge in [0.05, 0.1) is 0 Å². The molecule has 3 rings (SSSR count). The Balaban J connectivity index is 1.85. The highest BCUT2D eigenvalue weighted by Crippen LogP contribution is 2.54. The number of rotatable bonds is 4. The first-order valence-corrected chi connectivity index (χ1v) is 8.40. The molecule has 0 spiro atoms. The molecule has 2 saturated carbocycles. The van der Waals surface area contributed by atoms with E-state index in [1.807, 2.05) is 0 Å². The third-order valence-corrected chi connectivity index (χ3v) is 5.68. The van der Waals surface area contributed by atoms with Crippen molar-refractivity contribution in [1.29, 1.82) is 0 Å². The Kier molecular flexibility index (Phi) is 3.94. The summed E-state index contributed by atoms with van der Waals surface area (Å²) in [6.45, 7) is 8.56. The first-order valence-electron chi connectivity index (χ1n) is 8.40. The van der Waals surface area contributed by atoms with Crippen molar-refractivity contribution in [2.45, 2.75) is 70.9 Å². The smallest absolute Gasteiger partial charge is 0.100 e. The van der Waals surface area contributed by atoms with Crippen LogP contribution >= 0.6 is 0 Å². The van der Waals surface area contributed by atoms with E-state index in [1.165, 1.54) is 35.1 Å². The zero-order valence-corrected chi connectivity index (χ0v) is 13.4. The maximum atomic E-state index is 13.4. The Bertz CT molecular complexity index is 531. The van der Waals surface area contributed by atoms with Crippen molar-refractivity contribution in [3.05, 3.63) is 47.0 Å². The number of hydrogen-bond donors (Lipinski definition) is 0. The number of aryl methyl sites for hydroxylation is 1. The molecule has 21 heavy (non-hydrogen) atoms. The molecule has 0 aromatic heterocycles. The zero-order valence-electron chi connectivity index (χ0n) is 13.4. The van der Waals surface area contributed by atoms with Crippen molar-refractivity contribution in [2.75, 3.05) is 0 Å². The lowest BCUT2D eigenvalue weighted by Gasteiger charge is -2.28. The maximum Gasteiger partial charge on any atom is 0.100 e. The van der Waals surface area contributed by atoms with Gasteiger partial charge in [-0.15, -0.1) is 0 Å². The van der Waals surface area contributed by atoms with Gasteiger partial charge in [0.25, 0.3) is 0 Å². The molecule has 2 aliphatic rings. The monoisotopic (exact) mass is 286 g/mol. The van der Waals surface area contributed by atoms with E-state index in [0.29, 0.717) is 11.3 Å². The summed E-state index contributed by atoms with van der Waals surface area (Å²) in [7, 11) is 0. The standard InChI is InChI=1S/C20H27F/c1-14(2)20(10-11-20)13-17-12-15(3)4-9-19(17)16-5-7-18(21)8-6-16/h4,9,12,16,18H,1,5-8,10-11,13H2,2-3H3. The summed E-state index contributed by atoms with van der Waals surface area (Å²) < 4.78 is 13.4. The summed E-state index contributed by atoms with van der Waals surface area (Å²) in [5.41, 5.74) is 6.02. The van der Waals surface area contributed by atoms with Crippen molar-refractivity contribution in [3.63, 3.8) is 0 Å². The number of alkyl halides is 1. The minimum absolute atomic E-state index is 0.361. The highest BCUT2D eigenvalue weighted by atomic mass is 19.1. The predicted molar refractivity (Wildman–Crippen MR) is 87.5 cm³/mol. The molecule has 0 aliphatic heterocycles. The Labute approximate surface area is 128 Å². The average molecular weight is 286 g/mol. The predicted octanol–water partition coefficient (Wildman–Crippen LogP) is 5.89. The fourth-order valence-corrected chi connectivity index (χ4v) is 3.92. The molecule has 0 heterocycles. The first-order chi connectivity index (χ1) is 10.00. The summed E-state index contributed by atoms with van der Waals surface area (Å²) in [6, 6.07) is 6.89. The number of benzene rings is 1. The van der Waals surface area contributed by atoms with Crippen LogP contribution in [0.1, 0.15) is 68.1 Å². The summed E-state index contributed by atoms with van der Waals surface area (Å²) in [5, 5.41) is 0. The quantitative estimate of drug-likeness (QED) is 0.605. The molecule has 0 nitrogen and oxygen atoms in total. The normalized spacial score (nSPS) is 27.4. The molecule has 1 heteroatoms. The van der Waals surface area contributed by atoms with Crippen LogP contribution in [0.25, 0.3) is 0 Å². The van der Waals surface area contributed by atoms with E-state index in [2.05, 4.69) is 38.6 Å². The van der Waals surface area contributed by atoms with E-state index in [9.17, 15) is 4.39 Å². The van der Waals surface area contributed by atoms with E-state index < -0.39 is 6.17 Å². The largest absolute Gasteiger partial charge is 0.247 e. The third-order valence-electron chi connectivity index (χ3n) is 5.68. The third kappa shape index (κ3) is 3.07. The number of allylic oxidation sites excluding steroid dienone is 1. The van der Waals surface area contributed by atoms with Gasteiger partial charge in [-0.25, -0.2) is 4.39 Å². The van der Waals surface area contributed by atoms with Gasteiger partial charge in [-0.3, -0.25) is 0 Å². The first kappa shape index (κ1) is 14.8. The van der Waals surface area contributed by atoms with Crippen LogP contribution in [-0.4, -0.2) is 6.17 Å². The minimum Gasteiger partial charge on any atom is -0.247 e. The summed E-state index contributed by atoms with van der Waals surface area (Å²) >= 11 is 0. The summed E-state index contributed by atoms with van der Waals surface area (Å²) in [6.07, 6.45) is 6.64. The number of halogens is 1. The van der Waals surface area contributed by atoms with Crippen LogP contribution in [-0.2, 0) is 6.42 Å². The lowest BCUT2D eigenvalue weighted by molar-refractivity contribution is 0.235. The molecule has 1 aromatic carbocycles. The van der Waals surface area contributed by atoms with Gasteiger partial charge in [0.1, 0.15) is 6.17 Å². The van der Waals surface area contributed by atoms with Gasteiger partial charge < -0.3 is 0 Å². The second kappa shape index (κ2) is 5.59. The summed E-state index contributed by atoms with van der Waals surface area (Å²) in [4.78, 5) is 0. The van der Waals surface area contributed by atoms with Gasteiger partial charge in [0.2, 0.25) is 0 Å². The molecule has 114 valence electrons.